The van der Waals surface area contributed by atoms with Crippen LogP contribution in [0, 0.1) is 5.41 Å². The van der Waals surface area contributed by atoms with E-state index in [1.54, 1.807) is 0 Å². The number of nitrogens with zero attached hydrogens (tertiary/aromatic N) is 1. The van der Waals surface area contributed by atoms with Crippen LogP contribution in [0.15, 0.2) is 0 Å². The summed E-state index contributed by atoms with van der Waals surface area (Å²) in [4.78, 5) is 2.63. The van der Waals surface area contributed by atoms with Crippen molar-refractivity contribution in [2.24, 2.45) is 5.41 Å². The molecule has 0 aromatic heterocycles. The Hall–Kier alpha value is -0.160. The molecule has 122 valence electrons. The van der Waals surface area contributed by atoms with Crippen LogP contribution in [0.2, 0.25) is 0 Å². The molecule has 1 N–H and O–H groups in total. The van der Waals surface area contributed by atoms with E-state index in [0.717, 1.165) is 45.4 Å². The lowest BCUT2D eigenvalue weighted by atomic mass is 9.85. The molecule has 0 aromatic rings. The van der Waals surface area contributed by atoms with Gasteiger partial charge in [-0.15, -0.1) is 0 Å². The van der Waals surface area contributed by atoms with Gasteiger partial charge in [-0.1, -0.05) is 6.92 Å². The highest BCUT2D eigenvalue weighted by molar-refractivity contribution is 4.93. The molecule has 3 aliphatic rings. The lowest BCUT2D eigenvalue weighted by Crippen LogP contribution is -2.49. The average molecular weight is 296 g/mol. The summed E-state index contributed by atoms with van der Waals surface area (Å²) < 4.78 is 11.7. The molecular weight excluding hydrogens is 264 g/mol. The van der Waals surface area contributed by atoms with Gasteiger partial charge in [-0.3, -0.25) is 0 Å². The normalized spacial score (nSPS) is 34.4. The first-order valence-electron chi connectivity index (χ1n) is 8.95. The molecule has 4 nitrogen and oxygen atoms in total. The smallest absolute Gasteiger partial charge is 0.0702 e. The molecular formula is C17H32N2O2. The van der Waals surface area contributed by atoms with E-state index < -0.39 is 0 Å². The lowest BCUT2D eigenvalue weighted by molar-refractivity contribution is -0.0130. The minimum Gasteiger partial charge on any atom is -0.381 e. The largest absolute Gasteiger partial charge is 0.381 e. The van der Waals surface area contributed by atoms with Crippen molar-refractivity contribution in [3.8, 4) is 0 Å². The van der Waals surface area contributed by atoms with E-state index in [9.17, 15) is 0 Å². The summed E-state index contributed by atoms with van der Waals surface area (Å²) in [6.07, 6.45) is 8.04. The van der Waals surface area contributed by atoms with E-state index in [0.29, 0.717) is 11.5 Å². The Bertz CT molecular complexity index is 314. The van der Waals surface area contributed by atoms with Crippen molar-refractivity contribution in [3.63, 3.8) is 0 Å². The minimum atomic E-state index is 0.342. The number of rotatable bonds is 8. The summed E-state index contributed by atoms with van der Waals surface area (Å²) in [5.74, 6) is 0. The Morgan fingerprint density at radius 3 is 2.95 bits per heavy atom. The van der Waals surface area contributed by atoms with Crippen molar-refractivity contribution in [3.05, 3.63) is 0 Å². The summed E-state index contributed by atoms with van der Waals surface area (Å²) in [6.45, 7) is 9.64. The average Bonchev–Trinajstić information content (AvgIpc) is 3.23. The highest BCUT2D eigenvalue weighted by Crippen LogP contribution is 2.32. The fraction of sp³-hybridized carbons (Fsp3) is 1.00. The van der Waals surface area contributed by atoms with Crippen molar-refractivity contribution in [2.45, 2.75) is 57.6 Å². The first kappa shape index (κ1) is 15.7. The van der Waals surface area contributed by atoms with Crippen LogP contribution in [-0.2, 0) is 9.47 Å². The molecule has 0 spiro atoms. The van der Waals surface area contributed by atoms with E-state index in [1.807, 2.05) is 0 Å². The van der Waals surface area contributed by atoms with Gasteiger partial charge in [0.2, 0.25) is 0 Å². The van der Waals surface area contributed by atoms with Gasteiger partial charge in [0.25, 0.3) is 0 Å². The standard InChI is InChI=1S/C17H32N2O2/c1-2-9-21-16-4-3-8-19(11-16)13-17(7-10-20-14-17)12-18-15-5-6-15/h15-16,18H,2-14H2,1H3. The second kappa shape index (κ2) is 7.40. The predicted octanol–water partition coefficient (Wildman–Crippen LogP) is 2.04. The van der Waals surface area contributed by atoms with Crippen LogP contribution >= 0.6 is 0 Å². The van der Waals surface area contributed by atoms with Gasteiger partial charge in [0.15, 0.2) is 0 Å². The van der Waals surface area contributed by atoms with E-state index in [-0.39, 0.29) is 0 Å². The summed E-state index contributed by atoms with van der Waals surface area (Å²) in [6, 6.07) is 0.796. The Morgan fingerprint density at radius 2 is 2.24 bits per heavy atom. The molecule has 2 unspecified atom stereocenters. The molecule has 1 aliphatic carbocycles. The molecule has 0 aromatic carbocycles. The molecule has 0 radical (unpaired) electrons. The first-order valence-corrected chi connectivity index (χ1v) is 8.95. The minimum absolute atomic E-state index is 0.342. The fourth-order valence-corrected chi connectivity index (χ4v) is 3.67. The SMILES string of the molecule is CCCOC1CCCN(CC2(CNC3CC3)CCOC2)C1. The summed E-state index contributed by atoms with van der Waals surface area (Å²) >= 11 is 0. The summed E-state index contributed by atoms with van der Waals surface area (Å²) in [7, 11) is 0. The zero-order valence-electron chi connectivity index (χ0n) is 13.6. The Kier molecular flexibility index (Phi) is 5.54. The van der Waals surface area contributed by atoms with Gasteiger partial charge in [0, 0.05) is 44.3 Å². The number of ether oxygens (including phenoxy) is 2. The highest BCUT2D eigenvalue weighted by atomic mass is 16.5. The van der Waals surface area contributed by atoms with Gasteiger partial charge >= 0.3 is 0 Å². The molecule has 3 rings (SSSR count). The lowest BCUT2D eigenvalue weighted by Gasteiger charge is -2.39. The molecule has 2 saturated heterocycles. The molecule has 4 heteroatoms. The molecule has 2 heterocycles. The van der Waals surface area contributed by atoms with Crippen molar-refractivity contribution in [1.82, 2.24) is 10.2 Å². The van der Waals surface area contributed by atoms with E-state index in [1.165, 1.54) is 45.2 Å². The fourth-order valence-electron chi connectivity index (χ4n) is 3.67. The van der Waals surface area contributed by atoms with Crippen LogP contribution < -0.4 is 5.32 Å². The highest BCUT2D eigenvalue weighted by Gasteiger charge is 2.38. The zero-order valence-corrected chi connectivity index (χ0v) is 13.6. The van der Waals surface area contributed by atoms with Crippen LogP contribution in [0.5, 0.6) is 0 Å². The number of hydrogen-bond acceptors (Lipinski definition) is 4. The van der Waals surface area contributed by atoms with E-state index in [2.05, 4.69) is 17.1 Å². The second-order valence-corrected chi connectivity index (χ2v) is 7.33. The van der Waals surface area contributed by atoms with Gasteiger partial charge in [-0.25, -0.2) is 0 Å². The molecule has 2 aliphatic heterocycles. The number of hydrogen-bond donors (Lipinski definition) is 1. The van der Waals surface area contributed by atoms with E-state index >= 15 is 0 Å². The quantitative estimate of drug-likeness (QED) is 0.743. The monoisotopic (exact) mass is 296 g/mol. The molecule has 1 saturated carbocycles. The van der Waals surface area contributed by atoms with Gasteiger partial charge < -0.3 is 19.7 Å². The van der Waals surface area contributed by atoms with Crippen LogP contribution in [0.3, 0.4) is 0 Å². The maximum Gasteiger partial charge on any atom is 0.0702 e. The third kappa shape index (κ3) is 4.65. The van der Waals surface area contributed by atoms with Crippen molar-refractivity contribution in [1.29, 1.82) is 0 Å². The first-order chi connectivity index (χ1) is 10.3. The molecule has 0 bridgehead atoms. The molecule has 3 fully saturated rings. The van der Waals surface area contributed by atoms with Crippen LogP contribution in [-0.4, -0.2) is 63.0 Å². The number of piperidine rings is 1. The van der Waals surface area contributed by atoms with Crippen LogP contribution in [0.1, 0.15) is 45.4 Å². The number of nitrogens with one attached hydrogen (secondary N) is 1. The predicted molar refractivity (Wildman–Crippen MR) is 84.6 cm³/mol. The van der Waals surface area contributed by atoms with Gasteiger partial charge in [-0.05, 0) is 45.1 Å². The van der Waals surface area contributed by atoms with E-state index in [4.69, 9.17) is 9.47 Å². The van der Waals surface area contributed by atoms with Crippen molar-refractivity contribution < 1.29 is 9.47 Å². The Balaban J connectivity index is 1.49. The maximum atomic E-state index is 5.98. The number of likely N-dealkylation sites (tertiary alicyclic amines) is 1. The molecule has 0 amide bonds. The van der Waals surface area contributed by atoms with Crippen molar-refractivity contribution in [2.75, 3.05) is 46.0 Å². The third-order valence-electron chi connectivity index (χ3n) is 5.11. The van der Waals surface area contributed by atoms with Crippen molar-refractivity contribution >= 4 is 0 Å². The molecule has 2 atom stereocenters. The summed E-state index contributed by atoms with van der Waals surface area (Å²) in [5.41, 5.74) is 0.342. The topological polar surface area (TPSA) is 33.7 Å². The van der Waals surface area contributed by atoms with Gasteiger partial charge in [0.1, 0.15) is 0 Å². The summed E-state index contributed by atoms with van der Waals surface area (Å²) in [5, 5.41) is 3.74. The third-order valence-corrected chi connectivity index (χ3v) is 5.11. The second-order valence-electron chi connectivity index (χ2n) is 7.33. The van der Waals surface area contributed by atoms with Gasteiger partial charge in [-0.2, -0.15) is 0 Å². The molecule has 21 heavy (non-hydrogen) atoms. The zero-order chi connectivity index (χ0) is 14.5. The maximum absolute atomic E-state index is 5.98. The van der Waals surface area contributed by atoms with Crippen LogP contribution in [0.4, 0.5) is 0 Å². The van der Waals surface area contributed by atoms with Gasteiger partial charge in [0.05, 0.1) is 12.7 Å². The Morgan fingerprint density at radius 1 is 1.33 bits per heavy atom. The Labute approximate surface area is 129 Å². The van der Waals surface area contributed by atoms with Crippen LogP contribution in [0.25, 0.3) is 0 Å².